The van der Waals surface area contributed by atoms with Gasteiger partial charge in [0.15, 0.2) is 23.6 Å². The zero-order chi connectivity index (χ0) is 41.4. The fourth-order valence-corrected chi connectivity index (χ4v) is 8.26. The zero-order valence-corrected chi connectivity index (χ0v) is 34.3. The molecule has 5 aliphatic rings. The van der Waals surface area contributed by atoms with Gasteiger partial charge in [0.1, 0.15) is 23.2 Å². The van der Waals surface area contributed by atoms with Crippen LogP contribution in [0.3, 0.4) is 0 Å². The van der Waals surface area contributed by atoms with Crippen molar-refractivity contribution in [3.05, 3.63) is 69.1 Å². The van der Waals surface area contributed by atoms with Crippen LogP contribution in [-0.4, -0.2) is 130 Å². The van der Waals surface area contributed by atoms with Crippen molar-refractivity contribution in [2.75, 3.05) is 19.3 Å². The summed E-state index contributed by atoms with van der Waals surface area (Å²) in [5, 5.41) is 49.1. The Morgan fingerprint density at radius 1 is 0.930 bits per heavy atom. The summed E-state index contributed by atoms with van der Waals surface area (Å²) in [4.78, 5) is 59.8. The van der Waals surface area contributed by atoms with Crippen LogP contribution in [0.5, 0.6) is 11.5 Å². The molecule has 3 fully saturated rings. The Labute approximate surface area is 342 Å². The van der Waals surface area contributed by atoms with Gasteiger partial charge in [-0.25, -0.2) is 9.59 Å². The normalized spacial score (nSPS) is 29.1. The predicted octanol–water partition coefficient (Wildman–Crippen LogP) is 2.92. The van der Waals surface area contributed by atoms with Crippen molar-refractivity contribution in [2.24, 2.45) is 0 Å². The molecule has 2 aromatic rings. The van der Waals surface area contributed by atoms with Crippen LogP contribution < -0.4 is 0 Å². The van der Waals surface area contributed by atoms with Gasteiger partial charge in [-0.05, 0) is 13.8 Å². The van der Waals surface area contributed by atoms with Crippen molar-refractivity contribution < 1.29 is 92.6 Å². The molecule has 8 atom stereocenters. The molecule has 57 heavy (non-hydrogen) atoms. The van der Waals surface area contributed by atoms with E-state index in [4.69, 9.17) is 44.9 Å². The van der Waals surface area contributed by atoms with Crippen LogP contribution in [0.15, 0.2) is 24.3 Å². The van der Waals surface area contributed by atoms with E-state index in [1.165, 1.54) is 31.9 Å². The van der Waals surface area contributed by atoms with E-state index in [9.17, 15) is 38.1 Å². The van der Waals surface area contributed by atoms with E-state index in [1.807, 2.05) is 4.90 Å². The van der Waals surface area contributed by atoms with E-state index in [-0.39, 0.29) is 79.8 Å². The zero-order valence-electron chi connectivity index (χ0n) is 31.2. The van der Waals surface area contributed by atoms with Crippen LogP contribution in [0.2, 0.25) is 0 Å². The minimum absolute atomic E-state index is 0. The molecule has 0 radical (unpaired) electrons. The number of nitrogens with zero attached hydrogens (tertiary/aromatic N) is 1. The van der Waals surface area contributed by atoms with Gasteiger partial charge < -0.3 is 46.5 Å². The molecule has 2 saturated heterocycles. The monoisotopic (exact) mass is 998 g/mol. The molecular formula is C37H45N3O15PtS. The number of carbonyl (C=O) groups is 5. The second-order valence-electron chi connectivity index (χ2n) is 14.6. The second-order valence-corrected chi connectivity index (χ2v) is 16.2. The van der Waals surface area contributed by atoms with Gasteiger partial charge in [0.25, 0.3) is 10.1 Å². The summed E-state index contributed by atoms with van der Waals surface area (Å²) in [6.07, 6.45) is 0.854. The molecule has 2 aromatic carbocycles. The number of ether oxygens (including phenoxy) is 2. The third-order valence-electron chi connectivity index (χ3n) is 10.6. The molecule has 0 unspecified atom stereocenters. The molecule has 0 aromatic heterocycles. The maximum atomic E-state index is 13.5. The number of hydrogen-bond donors (Lipinski definition) is 5. The van der Waals surface area contributed by atoms with Gasteiger partial charge in [0.05, 0.1) is 29.6 Å². The summed E-state index contributed by atoms with van der Waals surface area (Å²) in [6, 6.07) is 5.51. The number of carboxylic acids is 2. The fourth-order valence-electron chi connectivity index (χ4n) is 7.58. The fraction of sp³-hybridized carbons (Fsp3) is 0.541. The minimum Gasteiger partial charge on any atom is -0.676 e. The van der Waals surface area contributed by atoms with Crippen molar-refractivity contribution >= 4 is 39.4 Å². The van der Waals surface area contributed by atoms with Gasteiger partial charge in [0.2, 0.25) is 0 Å². The second kappa shape index (κ2) is 18.1. The van der Waals surface area contributed by atoms with Crippen LogP contribution in [-0.2, 0) is 65.6 Å². The molecule has 0 bridgehead atoms. The number of ketones is 3. The summed E-state index contributed by atoms with van der Waals surface area (Å²) in [6.45, 7) is 4.28. The first-order valence-corrected chi connectivity index (χ1v) is 19.8. The van der Waals surface area contributed by atoms with E-state index in [0.29, 0.717) is 0 Å². The number of phenols is 2. The maximum Gasteiger partial charge on any atom is 2.00 e. The van der Waals surface area contributed by atoms with Crippen molar-refractivity contribution in [2.45, 2.75) is 107 Å². The molecule has 2 heterocycles. The third-order valence-corrected chi connectivity index (χ3v) is 11.1. The van der Waals surface area contributed by atoms with Crippen molar-refractivity contribution in [1.82, 2.24) is 4.90 Å². The van der Waals surface area contributed by atoms with Gasteiger partial charge in [0, 0.05) is 60.6 Å². The molecule has 0 amide bonds. The Bertz CT molecular complexity index is 2000. The number of carbonyl (C=O) groups excluding carboxylic acids is 3. The quantitative estimate of drug-likeness (QED) is 0.103. The number of nitrogens with one attached hydrogen (secondary N) is 2. The number of aromatic hydroxyl groups is 2. The summed E-state index contributed by atoms with van der Waals surface area (Å²) < 4.78 is 41.5. The average Bonchev–Trinajstić information content (AvgIpc) is 3.97. The van der Waals surface area contributed by atoms with Gasteiger partial charge >= 0.3 is 33.0 Å². The smallest absolute Gasteiger partial charge is 0.676 e. The first kappa shape index (κ1) is 46.0. The van der Waals surface area contributed by atoms with Crippen molar-refractivity contribution in [3.63, 3.8) is 0 Å². The topological polar surface area (TPSA) is 299 Å². The van der Waals surface area contributed by atoms with Crippen LogP contribution >= 0.6 is 0 Å². The molecular weight excluding hydrogens is 954 g/mol. The first-order chi connectivity index (χ1) is 26.1. The molecule has 7 N–H and O–H groups in total. The van der Waals surface area contributed by atoms with E-state index in [1.54, 1.807) is 19.1 Å². The molecule has 18 nitrogen and oxygen atoms in total. The number of aliphatic hydroxyl groups is 1. The number of rotatable bonds is 6. The molecule has 314 valence electrons. The van der Waals surface area contributed by atoms with Crippen LogP contribution in [0.1, 0.15) is 101 Å². The van der Waals surface area contributed by atoms with Crippen LogP contribution in [0.4, 0.5) is 0 Å². The summed E-state index contributed by atoms with van der Waals surface area (Å²) in [7, 11) is -3.79. The Morgan fingerprint density at radius 3 is 1.88 bits per heavy atom. The number of carboxylic acid groups (broad SMARTS) is 2. The summed E-state index contributed by atoms with van der Waals surface area (Å²) in [5.74, 6) is -6.79. The van der Waals surface area contributed by atoms with Crippen molar-refractivity contribution in [1.29, 1.82) is 0 Å². The van der Waals surface area contributed by atoms with Gasteiger partial charge in [-0.15, -0.1) is 0 Å². The molecule has 20 heteroatoms. The number of hydrogen-bond acceptors (Lipinski definition) is 14. The molecule has 0 spiro atoms. The number of aliphatic carboxylic acids is 2. The Balaban J connectivity index is 0.000000407. The number of Topliss-reactive ketones (excluding diaryl/α,β-unsaturated/α-hetero) is 1. The SMILES string of the molecule is CC(=O)[C@]1(O)Cc2c(O)c3c(c(O)c2[C@@H](O[C@H]2C[C@H](N4CC4)[C@H](OS(C)(=O)=O)[C@H](C)O2)C1)C(=O)c1ccccc1C3=O.O=C(O)C(=O)O.[NH-][C@@H]1CCCC[C@H]1[NH-].[Pt+2]. The Kier molecular flexibility index (Phi) is 14.6. The predicted molar refractivity (Wildman–Crippen MR) is 195 cm³/mol. The molecule has 7 rings (SSSR count). The van der Waals surface area contributed by atoms with Crippen LogP contribution in [0.25, 0.3) is 11.5 Å². The molecule has 3 aliphatic carbocycles. The number of fused-ring (bicyclic) bond motifs is 3. The Morgan fingerprint density at radius 2 is 1.44 bits per heavy atom. The van der Waals surface area contributed by atoms with E-state index >= 15 is 0 Å². The number of benzene rings is 2. The third kappa shape index (κ3) is 10.1. The molecule has 2 aliphatic heterocycles. The van der Waals surface area contributed by atoms with Gasteiger partial charge in [-0.1, -0.05) is 49.9 Å². The summed E-state index contributed by atoms with van der Waals surface area (Å²) in [5.41, 5.74) is 11.8. The average molecular weight is 999 g/mol. The van der Waals surface area contributed by atoms with E-state index < -0.39 is 93.1 Å². The van der Waals surface area contributed by atoms with E-state index in [0.717, 1.165) is 32.2 Å². The van der Waals surface area contributed by atoms with Crippen molar-refractivity contribution in [3.8, 4) is 11.5 Å². The minimum atomic E-state index is -3.79. The van der Waals surface area contributed by atoms with Crippen LogP contribution in [0, 0.1) is 0 Å². The first-order valence-electron chi connectivity index (χ1n) is 18.0. The Hall–Kier alpha value is -3.65. The summed E-state index contributed by atoms with van der Waals surface area (Å²) >= 11 is 0. The molecule has 1 saturated carbocycles. The number of phenolic OH excluding ortho intramolecular Hbond substituents is 2. The largest absolute Gasteiger partial charge is 2.00 e. The standard InChI is InChI=1S/C29H31NO11S.C6H12N2.C2H2O4.Pt/c1-13-28(41-42(3,37)38)18(30-8-9-30)10-20(39-13)40-19-12-29(36,14(2)31)11-17-21(19)27(35)23-22(26(17)34)24(32)15-6-4-5-7-16(15)25(23)33;7-5-3-1-2-4-6(5)8;3-1(4)2(5)6;/h4-7,13,18-20,28,34-36H,8-12H2,1-3H3;5-8H,1-4H2;(H,3,4)(H,5,6);/q;-2;;+2/t13-,18-,19-,20-,28+,29-;5-,6-;;/m01../s1. The van der Waals surface area contributed by atoms with Gasteiger partial charge in [-0.3, -0.25) is 23.5 Å². The maximum absolute atomic E-state index is 13.5. The van der Waals surface area contributed by atoms with E-state index in [2.05, 4.69) is 0 Å². The van der Waals surface area contributed by atoms with Gasteiger partial charge in [-0.2, -0.15) is 20.5 Å².